The normalized spacial score (nSPS) is 20.6. The van der Waals surface area contributed by atoms with Gasteiger partial charge in [0.05, 0.1) is 0 Å². The van der Waals surface area contributed by atoms with Crippen LogP contribution in [0, 0.1) is 11.3 Å². The lowest BCUT2D eigenvalue weighted by Crippen LogP contribution is -2.39. The third kappa shape index (κ3) is 4.81. The van der Waals surface area contributed by atoms with Crippen molar-refractivity contribution in [2.45, 2.75) is 26.7 Å². The Morgan fingerprint density at radius 3 is 2.38 bits per heavy atom. The quantitative estimate of drug-likeness (QED) is 0.768. The molecule has 3 heteroatoms. The zero-order valence-electron chi connectivity index (χ0n) is 11.4. The third-order valence-corrected chi connectivity index (χ3v) is 3.53. The molecule has 0 bridgehead atoms. The van der Waals surface area contributed by atoms with Crippen molar-refractivity contribution in [3.05, 3.63) is 0 Å². The van der Waals surface area contributed by atoms with Gasteiger partial charge < -0.3 is 14.9 Å². The van der Waals surface area contributed by atoms with Crippen LogP contribution in [0.25, 0.3) is 0 Å². The molecule has 1 aliphatic rings. The molecule has 0 radical (unpaired) electrons. The zero-order valence-corrected chi connectivity index (χ0v) is 11.4. The van der Waals surface area contributed by atoms with Crippen LogP contribution in [0.15, 0.2) is 0 Å². The van der Waals surface area contributed by atoms with Crippen LogP contribution < -0.4 is 0 Å². The van der Waals surface area contributed by atoms with Crippen molar-refractivity contribution >= 4 is 0 Å². The van der Waals surface area contributed by atoms with Crippen LogP contribution in [0.5, 0.6) is 0 Å². The Hall–Kier alpha value is -0.120. The van der Waals surface area contributed by atoms with E-state index in [1.165, 1.54) is 32.5 Å². The summed E-state index contributed by atoms with van der Waals surface area (Å²) in [6, 6.07) is 0. The van der Waals surface area contributed by atoms with E-state index in [0.29, 0.717) is 0 Å². The molecule has 1 fully saturated rings. The molecule has 1 heterocycles. The van der Waals surface area contributed by atoms with E-state index in [-0.39, 0.29) is 12.0 Å². The number of hydrogen-bond donors (Lipinski definition) is 1. The van der Waals surface area contributed by atoms with Gasteiger partial charge in [-0.2, -0.15) is 0 Å². The maximum atomic E-state index is 9.25. The molecule has 0 saturated carbocycles. The van der Waals surface area contributed by atoms with Crippen LogP contribution in [0.4, 0.5) is 0 Å². The van der Waals surface area contributed by atoms with Crippen molar-refractivity contribution in [3.8, 4) is 0 Å². The van der Waals surface area contributed by atoms with Gasteiger partial charge in [0, 0.05) is 25.1 Å². The molecule has 1 saturated heterocycles. The number of hydrogen-bond acceptors (Lipinski definition) is 3. The van der Waals surface area contributed by atoms with Gasteiger partial charge in [0.2, 0.25) is 0 Å². The van der Waals surface area contributed by atoms with E-state index < -0.39 is 0 Å². The Bertz CT molecular complexity index is 198. The largest absolute Gasteiger partial charge is 0.396 e. The van der Waals surface area contributed by atoms with Gasteiger partial charge in [-0.15, -0.1) is 0 Å². The smallest absolute Gasteiger partial charge is 0.0494 e. The van der Waals surface area contributed by atoms with Gasteiger partial charge in [-0.25, -0.2) is 0 Å². The van der Waals surface area contributed by atoms with E-state index in [1.807, 2.05) is 0 Å². The lowest BCUT2D eigenvalue weighted by molar-refractivity contribution is 0.0975. The molecule has 16 heavy (non-hydrogen) atoms. The molecule has 0 aliphatic carbocycles. The highest BCUT2D eigenvalue weighted by molar-refractivity contribution is 4.76. The van der Waals surface area contributed by atoms with Crippen LogP contribution in [-0.4, -0.2) is 61.8 Å². The number of aliphatic hydroxyl groups excluding tert-OH is 1. The fraction of sp³-hybridized carbons (Fsp3) is 1.00. The summed E-state index contributed by atoms with van der Waals surface area (Å²) in [7, 11) is 4.38. The second-order valence-electron chi connectivity index (χ2n) is 6.27. The predicted molar refractivity (Wildman–Crippen MR) is 68.6 cm³/mol. The Balaban J connectivity index is 2.26. The molecule has 96 valence electrons. The third-order valence-electron chi connectivity index (χ3n) is 3.53. The average molecular weight is 228 g/mol. The monoisotopic (exact) mass is 228 g/mol. The molecule has 0 aromatic rings. The van der Waals surface area contributed by atoms with Gasteiger partial charge in [0.25, 0.3) is 0 Å². The minimum Gasteiger partial charge on any atom is -0.396 e. The van der Waals surface area contributed by atoms with Crippen LogP contribution in [-0.2, 0) is 0 Å². The van der Waals surface area contributed by atoms with E-state index in [9.17, 15) is 5.11 Å². The molecule has 0 aromatic heterocycles. The highest BCUT2D eigenvalue weighted by atomic mass is 16.3. The average Bonchev–Trinajstić information content (AvgIpc) is 2.21. The topological polar surface area (TPSA) is 26.7 Å². The van der Waals surface area contributed by atoms with Crippen molar-refractivity contribution in [2.24, 2.45) is 11.3 Å². The molecule has 1 rings (SSSR count). The van der Waals surface area contributed by atoms with Gasteiger partial charge in [0.15, 0.2) is 0 Å². The minimum atomic E-state index is 0.0280. The number of nitrogens with zero attached hydrogens (tertiary/aromatic N) is 2. The highest BCUT2D eigenvalue weighted by Crippen LogP contribution is 2.20. The molecule has 1 N–H and O–H groups in total. The molecule has 3 nitrogen and oxygen atoms in total. The van der Waals surface area contributed by atoms with E-state index in [2.05, 4.69) is 37.7 Å². The van der Waals surface area contributed by atoms with Gasteiger partial charge >= 0.3 is 0 Å². The second-order valence-corrected chi connectivity index (χ2v) is 6.27. The minimum absolute atomic E-state index is 0.0280. The Kier molecular flexibility index (Phi) is 5.22. The first-order valence-corrected chi connectivity index (χ1v) is 6.41. The van der Waals surface area contributed by atoms with E-state index in [0.717, 1.165) is 12.5 Å². The summed E-state index contributed by atoms with van der Waals surface area (Å²) in [6.45, 7) is 9.15. The van der Waals surface area contributed by atoms with Gasteiger partial charge in [-0.1, -0.05) is 13.8 Å². The summed E-state index contributed by atoms with van der Waals surface area (Å²) in [5.41, 5.74) is 0.0280. The van der Waals surface area contributed by atoms with Crippen molar-refractivity contribution in [2.75, 3.05) is 46.9 Å². The lowest BCUT2D eigenvalue weighted by atomic mass is 9.92. The Morgan fingerprint density at radius 2 is 1.88 bits per heavy atom. The molecule has 1 aliphatic heterocycles. The Labute approximate surface area is 100 Å². The fourth-order valence-corrected chi connectivity index (χ4v) is 2.53. The number of piperidine rings is 1. The SMILES string of the molecule is CN1CCC(CN(C)CC(C)(C)CO)CC1. The fourth-order valence-electron chi connectivity index (χ4n) is 2.53. The first-order chi connectivity index (χ1) is 7.43. The van der Waals surface area contributed by atoms with Gasteiger partial charge in [-0.05, 0) is 45.9 Å². The van der Waals surface area contributed by atoms with Crippen molar-refractivity contribution in [3.63, 3.8) is 0 Å². The molecule has 0 spiro atoms. The standard InChI is InChI=1S/C13H28N2O/c1-13(2,11-16)10-15(4)9-12-5-7-14(3)8-6-12/h12,16H,5-11H2,1-4H3. The van der Waals surface area contributed by atoms with Crippen molar-refractivity contribution < 1.29 is 5.11 Å². The summed E-state index contributed by atoms with van der Waals surface area (Å²) in [6.07, 6.45) is 2.64. The molecule has 0 unspecified atom stereocenters. The Morgan fingerprint density at radius 1 is 1.31 bits per heavy atom. The lowest BCUT2D eigenvalue weighted by Gasteiger charge is -2.34. The van der Waals surface area contributed by atoms with Crippen LogP contribution in [0.3, 0.4) is 0 Å². The molecular weight excluding hydrogens is 200 g/mol. The number of rotatable bonds is 5. The van der Waals surface area contributed by atoms with E-state index in [1.54, 1.807) is 0 Å². The van der Waals surface area contributed by atoms with Crippen LogP contribution in [0.1, 0.15) is 26.7 Å². The van der Waals surface area contributed by atoms with Crippen LogP contribution >= 0.6 is 0 Å². The maximum Gasteiger partial charge on any atom is 0.0494 e. The van der Waals surface area contributed by atoms with Crippen molar-refractivity contribution in [1.29, 1.82) is 0 Å². The molecular formula is C13H28N2O. The van der Waals surface area contributed by atoms with E-state index in [4.69, 9.17) is 0 Å². The second kappa shape index (κ2) is 5.99. The number of aliphatic hydroxyl groups is 1. The molecule has 0 atom stereocenters. The van der Waals surface area contributed by atoms with Gasteiger partial charge in [0.1, 0.15) is 0 Å². The summed E-state index contributed by atoms with van der Waals surface area (Å²) < 4.78 is 0. The summed E-state index contributed by atoms with van der Waals surface area (Å²) in [4.78, 5) is 4.79. The summed E-state index contributed by atoms with van der Waals surface area (Å²) in [5, 5.41) is 9.25. The molecule has 0 aromatic carbocycles. The predicted octanol–water partition coefficient (Wildman–Crippen LogP) is 1.28. The molecule has 0 amide bonds. The first kappa shape index (κ1) is 13.9. The van der Waals surface area contributed by atoms with Crippen LogP contribution in [0.2, 0.25) is 0 Å². The van der Waals surface area contributed by atoms with Gasteiger partial charge in [-0.3, -0.25) is 0 Å². The summed E-state index contributed by atoms with van der Waals surface area (Å²) >= 11 is 0. The maximum absolute atomic E-state index is 9.25. The number of likely N-dealkylation sites (tertiary alicyclic amines) is 1. The zero-order chi connectivity index (χ0) is 12.2. The van der Waals surface area contributed by atoms with E-state index >= 15 is 0 Å². The highest BCUT2D eigenvalue weighted by Gasteiger charge is 2.22. The van der Waals surface area contributed by atoms with Crippen molar-refractivity contribution in [1.82, 2.24) is 9.80 Å². The first-order valence-electron chi connectivity index (χ1n) is 6.41. The summed E-state index contributed by atoms with van der Waals surface area (Å²) in [5.74, 6) is 0.843.